The predicted octanol–water partition coefficient (Wildman–Crippen LogP) is 0.549. The quantitative estimate of drug-likeness (QED) is 0.649. The van der Waals surface area contributed by atoms with Crippen LogP contribution in [0.5, 0.6) is 0 Å². The van der Waals surface area contributed by atoms with Crippen LogP contribution in [0.25, 0.3) is 0 Å². The molecule has 1 N–H and O–H groups in total. The van der Waals surface area contributed by atoms with Crippen molar-refractivity contribution in [3.8, 4) is 0 Å². The van der Waals surface area contributed by atoms with Crippen LogP contribution in [0.2, 0.25) is 0 Å². The molecule has 3 heteroatoms. The second kappa shape index (κ2) is 3.22. The normalized spacial score (nSPS) is 30.5. The Morgan fingerprint density at radius 1 is 1.73 bits per heavy atom. The van der Waals surface area contributed by atoms with Crippen molar-refractivity contribution in [1.82, 2.24) is 5.32 Å². The van der Waals surface area contributed by atoms with Gasteiger partial charge in [0.1, 0.15) is 0 Å². The summed E-state index contributed by atoms with van der Waals surface area (Å²) >= 11 is 0. The van der Waals surface area contributed by atoms with Crippen molar-refractivity contribution in [3.05, 3.63) is 0 Å². The third kappa shape index (κ3) is 1.71. The van der Waals surface area contributed by atoms with Crippen LogP contribution in [-0.2, 0) is 9.53 Å². The van der Waals surface area contributed by atoms with Gasteiger partial charge in [0, 0.05) is 25.5 Å². The molecule has 0 aliphatic carbocycles. The van der Waals surface area contributed by atoms with Gasteiger partial charge in [-0.15, -0.1) is 0 Å². The molecule has 0 saturated carbocycles. The first-order chi connectivity index (χ1) is 5.22. The van der Waals surface area contributed by atoms with Crippen LogP contribution in [0.4, 0.5) is 0 Å². The Hall–Kier alpha value is -0.570. The van der Waals surface area contributed by atoms with Crippen LogP contribution in [0.1, 0.15) is 19.8 Å². The molecule has 1 atom stereocenters. The smallest absolute Gasteiger partial charge is 0.220 e. The van der Waals surface area contributed by atoms with Crippen LogP contribution < -0.4 is 5.32 Å². The summed E-state index contributed by atoms with van der Waals surface area (Å²) in [6.07, 6.45) is 1.62. The highest BCUT2D eigenvalue weighted by Gasteiger charge is 2.36. The summed E-state index contributed by atoms with van der Waals surface area (Å²) in [5.74, 6) is 0.156. The third-order valence-electron chi connectivity index (χ3n) is 2.40. The SMILES string of the molecule is CCC1(COC)CNC(=O)C1. The molecule has 0 radical (unpaired) electrons. The molecule has 0 aromatic rings. The zero-order valence-corrected chi connectivity index (χ0v) is 7.14. The molecule has 0 aromatic heterocycles. The fourth-order valence-corrected chi connectivity index (χ4v) is 1.51. The maximum absolute atomic E-state index is 10.9. The van der Waals surface area contributed by atoms with Gasteiger partial charge in [-0.05, 0) is 6.42 Å². The summed E-state index contributed by atoms with van der Waals surface area (Å²) in [6, 6.07) is 0. The highest BCUT2D eigenvalue weighted by atomic mass is 16.5. The number of carbonyl (C=O) groups excluding carboxylic acids is 1. The predicted molar refractivity (Wildman–Crippen MR) is 42.2 cm³/mol. The number of amides is 1. The van der Waals surface area contributed by atoms with E-state index in [-0.39, 0.29) is 11.3 Å². The fourth-order valence-electron chi connectivity index (χ4n) is 1.51. The van der Waals surface area contributed by atoms with E-state index < -0.39 is 0 Å². The molecule has 1 aliphatic rings. The lowest BCUT2D eigenvalue weighted by Crippen LogP contribution is -2.28. The minimum atomic E-state index is 0.0752. The van der Waals surface area contributed by atoms with Gasteiger partial charge in [0.15, 0.2) is 0 Å². The van der Waals surface area contributed by atoms with Gasteiger partial charge in [-0.3, -0.25) is 4.79 Å². The molecule has 1 rings (SSSR count). The lowest BCUT2D eigenvalue weighted by molar-refractivity contribution is -0.120. The molecule has 0 bridgehead atoms. The summed E-state index contributed by atoms with van der Waals surface area (Å²) in [5.41, 5.74) is 0.0752. The number of carbonyl (C=O) groups is 1. The van der Waals surface area contributed by atoms with E-state index in [9.17, 15) is 4.79 Å². The maximum atomic E-state index is 10.9. The monoisotopic (exact) mass is 157 g/mol. The van der Waals surface area contributed by atoms with Gasteiger partial charge in [-0.2, -0.15) is 0 Å². The first kappa shape index (κ1) is 8.53. The number of hydrogen-bond donors (Lipinski definition) is 1. The standard InChI is InChI=1S/C8H15NO2/c1-3-8(6-11-2)4-7(10)9-5-8/h3-6H2,1-2H3,(H,9,10). The Morgan fingerprint density at radius 3 is 2.82 bits per heavy atom. The topological polar surface area (TPSA) is 38.3 Å². The molecule has 3 nitrogen and oxygen atoms in total. The average Bonchev–Trinajstić information content (AvgIpc) is 2.34. The Labute approximate surface area is 67.1 Å². The molecule has 1 amide bonds. The lowest BCUT2D eigenvalue weighted by atomic mass is 9.85. The summed E-state index contributed by atoms with van der Waals surface area (Å²) in [4.78, 5) is 10.9. The van der Waals surface area contributed by atoms with Gasteiger partial charge >= 0.3 is 0 Å². The van der Waals surface area contributed by atoms with E-state index in [1.165, 1.54) is 0 Å². The van der Waals surface area contributed by atoms with Crippen molar-refractivity contribution < 1.29 is 9.53 Å². The number of hydrogen-bond acceptors (Lipinski definition) is 2. The van der Waals surface area contributed by atoms with Gasteiger partial charge in [-0.25, -0.2) is 0 Å². The Bertz CT molecular complexity index is 158. The number of methoxy groups -OCH3 is 1. The first-order valence-corrected chi connectivity index (χ1v) is 3.98. The van der Waals surface area contributed by atoms with E-state index in [0.717, 1.165) is 13.0 Å². The second-order valence-corrected chi connectivity index (χ2v) is 3.24. The summed E-state index contributed by atoms with van der Waals surface area (Å²) < 4.78 is 5.08. The fraction of sp³-hybridized carbons (Fsp3) is 0.875. The van der Waals surface area contributed by atoms with E-state index in [1.807, 2.05) is 0 Å². The van der Waals surface area contributed by atoms with Crippen molar-refractivity contribution in [3.63, 3.8) is 0 Å². The second-order valence-electron chi connectivity index (χ2n) is 3.24. The maximum Gasteiger partial charge on any atom is 0.220 e. The number of ether oxygens (including phenoxy) is 1. The van der Waals surface area contributed by atoms with Crippen molar-refractivity contribution in [1.29, 1.82) is 0 Å². The minimum absolute atomic E-state index is 0.0752. The van der Waals surface area contributed by atoms with E-state index in [0.29, 0.717) is 13.0 Å². The third-order valence-corrected chi connectivity index (χ3v) is 2.40. The zero-order valence-electron chi connectivity index (χ0n) is 7.14. The van der Waals surface area contributed by atoms with Crippen molar-refractivity contribution in [2.45, 2.75) is 19.8 Å². The van der Waals surface area contributed by atoms with E-state index >= 15 is 0 Å². The molecule has 0 spiro atoms. The van der Waals surface area contributed by atoms with E-state index in [1.54, 1.807) is 7.11 Å². The Balaban J connectivity index is 2.54. The van der Waals surface area contributed by atoms with Gasteiger partial charge in [0.25, 0.3) is 0 Å². The van der Waals surface area contributed by atoms with Gasteiger partial charge in [-0.1, -0.05) is 6.92 Å². The molecule has 1 aliphatic heterocycles. The van der Waals surface area contributed by atoms with Gasteiger partial charge in [0.2, 0.25) is 5.91 Å². The van der Waals surface area contributed by atoms with Crippen molar-refractivity contribution >= 4 is 5.91 Å². The van der Waals surface area contributed by atoms with Crippen LogP contribution in [0.3, 0.4) is 0 Å². The van der Waals surface area contributed by atoms with Crippen LogP contribution in [0.15, 0.2) is 0 Å². The highest BCUT2D eigenvalue weighted by Crippen LogP contribution is 2.29. The van der Waals surface area contributed by atoms with Crippen molar-refractivity contribution in [2.75, 3.05) is 20.3 Å². The first-order valence-electron chi connectivity index (χ1n) is 3.98. The van der Waals surface area contributed by atoms with E-state index in [2.05, 4.69) is 12.2 Å². The largest absolute Gasteiger partial charge is 0.384 e. The summed E-state index contributed by atoms with van der Waals surface area (Å²) in [5, 5.41) is 2.83. The molecule has 1 fully saturated rings. The molecular formula is C8H15NO2. The van der Waals surface area contributed by atoms with Crippen LogP contribution in [-0.4, -0.2) is 26.2 Å². The highest BCUT2D eigenvalue weighted by molar-refractivity contribution is 5.79. The molecule has 11 heavy (non-hydrogen) atoms. The zero-order chi connectivity index (χ0) is 8.32. The number of rotatable bonds is 3. The van der Waals surface area contributed by atoms with Crippen LogP contribution in [0, 0.1) is 5.41 Å². The Morgan fingerprint density at radius 2 is 2.45 bits per heavy atom. The summed E-state index contributed by atoms with van der Waals surface area (Å²) in [6.45, 7) is 3.55. The molecule has 64 valence electrons. The molecular weight excluding hydrogens is 142 g/mol. The van der Waals surface area contributed by atoms with Gasteiger partial charge in [0.05, 0.1) is 6.61 Å². The molecule has 0 aromatic carbocycles. The molecule has 1 unspecified atom stereocenters. The molecule has 1 heterocycles. The van der Waals surface area contributed by atoms with E-state index in [4.69, 9.17) is 4.74 Å². The summed E-state index contributed by atoms with van der Waals surface area (Å²) in [7, 11) is 1.68. The Kier molecular flexibility index (Phi) is 2.49. The average molecular weight is 157 g/mol. The molecule has 1 saturated heterocycles. The lowest BCUT2D eigenvalue weighted by Gasteiger charge is -2.23. The number of nitrogens with one attached hydrogen (secondary N) is 1. The van der Waals surface area contributed by atoms with Crippen LogP contribution >= 0.6 is 0 Å². The van der Waals surface area contributed by atoms with Gasteiger partial charge < -0.3 is 10.1 Å². The minimum Gasteiger partial charge on any atom is -0.384 e. The van der Waals surface area contributed by atoms with Crippen molar-refractivity contribution in [2.24, 2.45) is 5.41 Å².